The number of carbonyl (C=O) groups excluding carboxylic acids is 2. The standard InChI is InChI=1S/C20H23NO4/c1-4-14(2)15-5-7-17(8-6-15)21-20(23)13-25-19-10-9-18(24-3)11-16(19)12-22/h5-12,14H,4,13H2,1-3H3,(H,21,23)/t14-/m0/s1. The van der Waals surface area contributed by atoms with Crippen LogP contribution in [0, 0.1) is 0 Å². The lowest BCUT2D eigenvalue weighted by atomic mass is 9.99. The Morgan fingerprint density at radius 2 is 1.92 bits per heavy atom. The number of amides is 1. The van der Waals surface area contributed by atoms with Crippen molar-refractivity contribution in [3.05, 3.63) is 53.6 Å². The highest BCUT2D eigenvalue weighted by atomic mass is 16.5. The molecule has 0 saturated carbocycles. The molecule has 2 aromatic rings. The van der Waals surface area contributed by atoms with Crippen LogP contribution in [0.5, 0.6) is 11.5 Å². The van der Waals surface area contributed by atoms with Crippen molar-refractivity contribution in [3.8, 4) is 11.5 Å². The Kier molecular flexibility index (Phi) is 6.57. The molecule has 132 valence electrons. The number of hydrogen-bond acceptors (Lipinski definition) is 4. The third-order valence-electron chi connectivity index (χ3n) is 4.08. The monoisotopic (exact) mass is 341 g/mol. The molecule has 0 aliphatic carbocycles. The zero-order chi connectivity index (χ0) is 18.2. The van der Waals surface area contributed by atoms with Gasteiger partial charge in [-0.2, -0.15) is 0 Å². The first-order chi connectivity index (χ1) is 12.1. The fraction of sp³-hybridized carbons (Fsp3) is 0.300. The van der Waals surface area contributed by atoms with Crippen molar-refractivity contribution < 1.29 is 19.1 Å². The number of rotatable bonds is 8. The first-order valence-corrected chi connectivity index (χ1v) is 8.23. The third kappa shape index (κ3) is 5.08. The highest BCUT2D eigenvalue weighted by Gasteiger charge is 2.09. The predicted molar refractivity (Wildman–Crippen MR) is 97.7 cm³/mol. The number of carbonyl (C=O) groups is 2. The van der Waals surface area contributed by atoms with E-state index in [0.717, 1.165) is 6.42 Å². The maximum Gasteiger partial charge on any atom is 0.262 e. The summed E-state index contributed by atoms with van der Waals surface area (Å²) in [6, 6.07) is 12.6. The summed E-state index contributed by atoms with van der Waals surface area (Å²) in [6.07, 6.45) is 1.74. The van der Waals surface area contributed by atoms with E-state index in [1.807, 2.05) is 24.3 Å². The Morgan fingerprint density at radius 1 is 1.20 bits per heavy atom. The fourth-order valence-corrected chi connectivity index (χ4v) is 2.35. The lowest BCUT2D eigenvalue weighted by molar-refractivity contribution is -0.118. The van der Waals surface area contributed by atoms with E-state index in [1.54, 1.807) is 18.2 Å². The quantitative estimate of drug-likeness (QED) is 0.736. The van der Waals surface area contributed by atoms with Crippen molar-refractivity contribution in [2.24, 2.45) is 0 Å². The van der Waals surface area contributed by atoms with E-state index in [2.05, 4.69) is 19.2 Å². The molecule has 5 nitrogen and oxygen atoms in total. The number of benzene rings is 2. The second kappa shape index (κ2) is 8.87. The van der Waals surface area contributed by atoms with Crippen LogP contribution in [0.25, 0.3) is 0 Å². The van der Waals surface area contributed by atoms with Crippen molar-refractivity contribution in [2.45, 2.75) is 26.2 Å². The fourth-order valence-electron chi connectivity index (χ4n) is 2.35. The molecule has 1 amide bonds. The van der Waals surface area contributed by atoms with Gasteiger partial charge in [-0.1, -0.05) is 26.0 Å². The van der Waals surface area contributed by atoms with Gasteiger partial charge in [0.15, 0.2) is 12.9 Å². The van der Waals surface area contributed by atoms with E-state index in [9.17, 15) is 9.59 Å². The van der Waals surface area contributed by atoms with Crippen molar-refractivity contribution in [1.82, 2.24) is 0 Å². The highest BCUT2D eigenvalue weighted by Crippen LogP contribution is 2.23. The van der Waals surface area contributed by atoms with Crippen LogP contribution >= 0.6 is 0 Å². The second-order valence-electron chi connectivity index (χ2n) is 5.79. The van der Waals surface area contributed by atoms with Crippen LogP contribution in [0.4, 0.5) is 5.69 Å². The molecular formula is C20H23NO4. The zero-order valence-electron chi connectivity index (χ0n) is 14.7. The van der Waals surface area contributed by atoms with Gasteiger partial charge in [-0.25, -0.2) is 0 Å². The number of aldehydes is 1. The Balaban J connectivity index is 1.93. The van der Waals surface area contributed by atoms with Crippen LogP contribution in [0.15, 0.2) is 42.5 Å². The van der Waals surface area contributed by atoms with Crippen LogP contribution in [0.1, 0.15) is 42.1 Å². The molecule has 0 heterocycles. The third-order valence-corrected chi connectivity index (χ3v) is 4.08. The van der Waals surface area contributed by atoms with Crippen molar-refractivity contribution in [3.63, 3.8) is 0 Å². The Labute approximate surface area is 148 Å². The molecule has 0 aromatic heterocycles. The molecule has 1 N–H and O–H groups in total. The maximum atomic E-state index is 12.0. The number of nitrogens with one attached hydrogen (secondary N) is 1. The summed E-state index contributed by atoms with van der Waals surface area (Å²) < 4.78 is 10.5. The number of anilines is 1. The number of hydrogen-bond donors (Lipinski definition) is 1. The van der Waals surface area contributed by atoms with Gasteiger partial charge in [0.25, 0.3) is 5.91 Å². The van der Waals surface area contributed by atoms with Gasteiger partial charge in [0.2, 0.25) is 0 Å². The molecule has 0 fully saturated rings. The Hall–Kier alpha value is -2.82. The molecular weight excluding hydrogens is 318 g/mol. The van der Waals surface area contributed by atoms with Crippen molar-refractivity contribution in [2.75, 3.05) is 19.0 Å². The van der Waals surface area contributed by atoms with Crippen molar-refractivity contribution in [1.29, 1.82) is 0 Å². The molecule has 0 radical (unpaired) electrons. The summed E-state index contributed by atoms with van der Waals surface area (Å²) >= 11 is 0. The van der Waals surface area contributed by atoms with Gasteiger partial charge in [-0.05, 0) is 48.2 Å². The summed E-state index contributed by atoms with van der Waals surface area (Å²) in [5.74, 6) is 1.10. The molecule has 0 spiro atoms. The average Bonchev–Trinajstić information content (AvgIpc) is 2.66. The lowest BCUT2D eigenvalue weighted by Gasteiger charge is -2.12. The first kappa shape index (κ1) is 18.5. The molecule has 2 rings (SSSR count). The van der Waals surface area contributed by atoms with E-state index in [4.69, 9.17) is 9.47 Å². The molecule has 0 aliphatic rings. The van der Waals surface area contributed by atoms with Crippen LogP contribution < -0.4 is 14.8 Å². The Bertz CT molecular complexity index is 725. The van der Waals surface area contributed by atoms with E-state index in [-0.39, 0.29) is 12.5 Å². The molecule has 2 aromatic carbocycles. The van der Waals surface area contributed by atoms with E-state index < -0.39 is 0 Å². The van der Waals surface area contributed by atoms with E-state index >= 15 is 0 Å². The molecule has 0 unspecified atom stereocenters. The van der Waals surface area contributed by atoms with Crippen molar-refractivity contribution >= 4 is 17.9 Å². The molecule has 0 bridgehead atoms. The zero-order valence-corrected chi connectivity index (χ0v) is 14.7. The van der Waals surface area contributed by atoms with Gasteiger partial charge >= 0.3 is 0 Å². The molecule has 0 aliphatic heterocycles. The Morgan fingerprint density at radius 3 is 2.52 bits per heavy atom. The van der Waals surface area contributed by atoms with Crippen LogP contribution in [0.2, 0.25) is 0 Å². The summed E-state index contributed by atoms with van der Waals surface area (Å²) in [7, 11) is 1.52. The molecule has 5 heteroatoms. The average molecular weight is 341 g/mol. The van der Waals surface area contributed by atoms with Crippen LogP contribution in [0.3, 0.4) is 0 Å². The SMILES string of the molecule is CC[C@H](C)c1ccc(NC(=O)COc2ccc(OC)cc2C=O)cc1. The second-order valence-corrected chi connectivity index (χ2v) is 5.79. The van der Waals surface area contributed by atoms with Crippen LogP contribution in [-0.2, 0) is 4.79 Å². The van der Waals surface area contributed by atoms with Gasteiger partial charge in [0.1, 0.15) is 11.5 Å². The normalized spacial score (nSPS) is 11.5. The molecule has 25 heavy (non-hydrogen) atoms. The summed E-state index contributed by atoms with van der Waals surface area (Å²) in [5, 5.41) is 2.78. The van der Waals surface area contributed by atoms with E-state index in [0.29, 0.717) is 35.0 Å². The first-order valence-electron chi connectivity index (χ1n) is 8.23. The minimum Gasteiger partial charge on any atom is -0.497 e. The summed E-state index contributed by atoms with van der Waals surface area (Å²) in [5.41, 5.74) is 2.29. The van der Waals surface area contributed by atoms with Gasteiger partial charge < -0.3 is 14.8 Å². The lowest BCUT2D eigenvalue weighted by Crippen LogP contribution is -2.20. The predicted octanol–water partition coefficient (Wildman–Crippen LogP) is 4.04. The maximum absolute atomic E-state index is 12.0. The largest absolute Gasteiger partial charge is 0.497 e. The summed E-state index contributed by atoms with van der Waals surface area (Å²) in [6.45, 7) is 4.13. The van der Waals surface area contributed by atoms with Gasteiger partial charge in [0, 0.05) is 5.69 Å². The smallest absolute Gasteiger partial charge is 0.262 e. The number of ether oxygens (including phenoxy) is 2. The van der Waals surface area contributed by atoms with Crippen LogP contribution in [-0.4, -0.2) is 25.9 Å². The van der Waals surface area contributed by atoms with Gasteiger partial charge in [0.05, 0.1) is 12.7 Å². The van der Waals surface area contributed by atoms with E-state index in [1.165, 1.54) is 12.7 Å². The summed E-state index contributed by atoms with van der Waals surface area (Å²) in [4.78, 5) is 23.1. The van der Waals surface area contributed by atoms with Gasteiger partial charge in [-0.15, -0.1) is 0 Å². The topological polar surface area (TPSA) is 64.6 Å². The van der Waals surface area contributed by atoms with Gasteiger partial charge in [-0.3, -0.25) is 9.59 Å². The minimum atomic E-state index is -0.288. The highest BCUT2D eigenvalue weighted by molar-refractivity contribution is 5.92. The number of methoxy groups -OCH3 is 1. The molecule has 0 saturated heterocycles. The molecule has 1 atom stereocenters. The minimum absolute atomic E-state index is 0.180.